The van der Waals surface area contributed by atoms with Gasteiger partial charge in [-0.3, -0.25) is 4.68 Å². The number of carbonyl (C=O) groups is 1. The molecule has 0 amide bonds. The monoisotopic (exact) mass is 316 g/mol. The summed E-state index contributed by atoms with van der Waals surface area (Å²) < 4.78 is 15.7. The van der Waals surface area contributed by atoms with Crippen LogP contribution < -0.4 is 0 Å². The minimum absolute atomic E-state index is 0.301. The molecule has 2 aromatic rings. The highest BCUT2D eigenvalue weighted by atomic mass is 79.9. The molecule has 0 spiro atoms. The number of hydrogen-bond acceptors (Lipinski definition) is 3. The second kappa shape index (κ2) is 4.34. The Kier molecular flexibility index (Phi) is 3.18. The molecule has 6 heteroatoms. The summed E-state index contributed by atoms with van der Waals surface area (Å²) in [6.07, 6.45) is 2.49. The van der Waals surface area contributed by atoms with E-state index in [2.05, 4.69) is 21.0 Å². The fraction of sp³-hybridized carbons (Fsp3) is 0.273. The van der Waals surface area contributed by atoms with Crippen LogP contribution in [-0.4, -0.2) is 16.1 Å². The Morgan fingerprint density at radius 2 is 2.29 bits per heavy atom. The maximum atomic E-state index is 13.5. The van der Waals surface area contributed by atoms with E-state index in [0.717, 1.165) is 6.29 Å². The van der Waals surface area contributed by atoms with Gasteiger partial charge in [0.25, 0.3) is 0 Å². The van der Waals surface area contributed by atoms with Gasteiger partial charge in [0.1, 0.15) is 23.3 Å². The average Bonchev–Trinajstić information content (AvgIpc) is 2.85. The molecule has 0 aliphatic rings. The number of rotatable bonds is 3. The first kappa shape index (κ1) is 12.4. The third kappa shape index (κ3) is 2.19. The molecule has 2 heterocycles. The molecule has 0 saturated heterocycles. The van der Waals surface area contributed by atoms with Crippen LogP contribution in [0.1, 0.15) is 13.8 Å². The predicted molar refractivity (Wildman–Crippen MR) is 68.6 cm³/mol. The smallest absolute Gasteiger partial charge is 0.147 e. The molecule has 2 aromatic heterocycles. The van der Waals surface area contributed by atoms with Gasteiger partial charge in [-0.1, -0.05) is 0 Å². The Morgan fingerprint density at radius 1 is 1.59 bits per heavy atom. The molecule has 0 fully saturated rings. The number of hydrogen-bond donors (Lipinski definition) is 0. The van der Waals surface area contributed by atoms with Gasteiger partial charge >= 0.3 is 0 Å². The van der Waals surface area contributed by atoms with Crippen molar-refractivity contribution in [2.75, 3.05) is 0 Å². The molecule has 0 radical (unpaired) electrons. The van der Waals surface area contributed by atoms with Crippen molar-refractivity contribution < 1.29 is 9.18 Å². The molecule has 0 aromatic carbocycles. The quantitative estimate of drug-likeness (QED) is 0.813. The van der Waals surface area contributed by atoms with E-state index in [1.54, 1.807) is 25.4 Å². The van der Waals surface area contributed by atoms with Crippen molar-refractivity contribution >= 4 is 33.6 Å². The van der Waals surface area contributed by atoms with Gasteiger partial charge < -0.3 is 4.79 Å². The predicted octanol–water partition coefficient (Wildman–Crippen LogP) is 3.45. The normalized spacial score (nSPS) is 11.8. The molecular formula is C11H10BrFN2OS. The maximum absolute atomic E-state index is 13.5. The van der Waals surface area contributed by atoms with Crippen molar-refractivity contribution in [1.29, 1.82) is 0 Å². The SMILES string of the molecule is CC(C)(C=O)n1cc(Br)c(-c2sccc2F)n1. The van der Waals surface area contributed by atoms with Crippen LogP contribution in [0.4, 0.5) is 4.39 Å². The van der Waals surface area contributed by atoms with E-state index >= 15 is 0 Å². The lowest BCUT2D eigenvalue weighted by Crippen LogP contribution is -2.28. The second-order valence-electron chi connectivity index (χ2n) is 4.14. The van der Waals surface area contributed by atoms with Gasteiger partial charge in [0.2, 0.25) is 0 Å². The molecule has 3 nitrogen and oxygen atoms in total. The Hall–Kier alpha value is -1.01. The van der Waals surface area contributed by atoms with Crippen LogP contribution in [0.15, 0.2) is 22.1 Å². The zero-order chi connectivity index (χ0) is 12.6. The average molecular weight is 317 g/mol. The van der Waals surface area contributed by atoms with Crippen molar-refractivity contribution in [3.05, 3.63) is 27.9 Å². The lowest BCUT2D eigenvalue weighted by molar-refractivity contribution is -0.114. The van der Waals surface area contributed by atoms with Gasteiger partial charge in [-0.15, -0.1) is 11.3 Å². The number of halogens is 2. The summed E-state index contributed by atoms with van der Waals surface area (Å²) in [4.78, 5) is 11.4. The Labute approximate surface area is 110 Å². The van der Waals surface area contributed by atoms with Crippen LogP contribution in [0.2, 0.25) is 0 Å². The van der Waals surface area contributed by atoms with E-state index in [1.807, 2.05) is 0 Å². The van der Waals surface area contributed by atoms with Crippen molar-refractivity contribution in [3.8, 4) is 10.6 Å². The van der Waals surface area contributed by atoms with Crippen molar-refractivity contribution in [1.82, 2.24) is 9.78 Å². The summed E-state index contributed by atoms with van der Waals surface area (Å²) in [5.74, 6) is -0.301. The molecule has 0 unspecified atom stereocenters. The summed E-state index contributed by atoms with van der Waals surface area (Å²) in [7, 11) is 0. The van der Waals surface area contributed by atoms with Crippen LogP contribution >= 0.6 is 27.3 Å². The van der Waals surface area contributed by atoms with Gasteiger partial charge in [0.15, 0.2) is 0 Å². The number of carbonyl (C=O) groups excluding carboxylic acids is 1. The van der Waals surface area contributed by atoms with Gasteiger partial charge in [-0.2, -0.15) is 5.10 Å². The van der Waals surface area contributed by atoms with Crippen LogP contribution in [0, 0.1) is 5.82 Å². The van der Waals surface area contributed by atoms with Crippen LogP contribution in [0.25, 0.3) is 10.6 Å². The highest BCUT2D eigenvalue weighted by Crippen LogP contribution is 2.33. The molecule has 0 aliphatic carbocycles. The topological polar surface area (TPSA) is 34.9 Å². The molecular weight excluding hydrogens is 307 g/mol. The van der Waals surface area contributed by atoms with Crippen molar-refractivity contribution in [2.45, 2.75) is 19.4 Å². The number of aldehydes is 1. The zero-order valence-corrected chi connectivity index (χ0v) is 11.7. The fourth-order valence-electron chi connectivity index (χ4n) is 1.32. The standard InChI is InChI=1S/C11H10BrFN2OS/c1-11(2,6-16)15-5-7(12)9(14-15)10-8(13)3-4-17-10/h3-6H,1-2H3. The molecule has 0 saturated carbocycles. The molecule has 0 N–H and O–H groups in total. The Morgan fingerprint density at radius 3 is 2.82 bits per heavy atom. The Balaban J connectivity index is 2.52. The summed E-state index contributed by atoms with van der Waals surface area (Å²) in [5, 5.41) is 5.93. The highest BCUT2D eigenvalue weighted by Gasteiger charge is 2.23. The first-order chi connectivity index (χ1) is 7.95. The Bertz CT molecular complexity index is 562. The molecule has 0 bridgehead atoms. The first-order valence-electron chi connectivity index (χ1n) is 4.91. The van der Waals surface area contributed by atoms with E-state index in [4.69, 9.17) is 0 Å². The molecule has 0 aliphatic heterocycles. The summed E-state index contributed by atoms with van der Waals surface area (Å²) in [6.45, 7) is 3.49. The largest absolute Gasteiger partial charge is 0.301 e. The number of nitrogens with zero attached hydrogens (tertiary/aromatic N) is 2. The van der Waals surface area contributed by atoms with Gasteiger partial charge in [0.05, 0.1) is 9.35 Å². The second-order valence-corrected chi connectivity index (χ2v) is 5.91. The van der Waals surface area contributed by atoms with Crippen molar-refractivity contribution in [3.63, 3.8) is 0 Å². The third-order valence-electron chi connectivity index (χ3n) is 2.38. The molecule has 2 rings (SSSR count). The minimum Gasteiger partial charge on any atom is -0.301 e. The molecule has 0 atom stereocenters. The van der Waals surface area contributed by atoms with Crippen LogP contribution in [0.5, 0.6) is 0 Å². The summed E-state index contributed by atoms with van der Waals surface area (Å²) in [6, 6.07) is 1.40. The van der Waals surface area contributed by atoms with E-state index in [9.17, 15) is 9.18 Å². The van der Waals surface area contributed by atoms with E-state index in [-0.39, 0.29) is 5.82 Å². The maximum Gasteiger partial charge on any atom is 0.147 e. The zero-order valence-electron chi connectivity index (χ0n) is 9.28. The lowest BCUT2D eigenvalue weighted by Gasteiger charge is -2.16. The third-order valence-corrected chi connectivity index (χ3v) is 3.86. The minimum atomic E-state index is -0.742. The molecule has 90 valence electrons. The van der Waals surface area contributed by atoms with Crippen LogP contribution in [0.3, 0.4) is 0 Å². The number of aromatic nitrogens is 2. The fourth-order valence-corrected chi connectivity index (χ4v) is 2.69. The van der Waals surface area contributed by atoms with Crippen LogP contribution in [-0.2, 0) is 10.3 Å². The lowest BCUT2D eigenvalue weighted by atomic mass is 10.1. The van der Waals surface area contributed by atoms with E-state index < -0.39 is 5.54 Å². The first-order valence-corrected chi connectivity index (χ1v) is 6.58. The van der Waals surface area contributed by atoms with Gasteiger partial charge in [0, 0.05) is 6.20 Å². The summed E-state index contributed by atoms with van der Waals surface area (Å²) >= 11 is 4.61. The highest BCUT2D eigenvalue weighted by molar-refractivity contribution is 9.10. The summed E-state index contributed by atoms with van der Waals surface area (Å²) in [5.41, 5.74) is -0.221. The van der Waals surface area contributed by atoms with Crippen molar-refractivity contribution in [2.24, 2.45) is 0 Å². The number of thiophene rings is 1. The van der Waals surface area contributed by atoms with Gasteiger partial charge in [-0.25, -0.2) is 4.39 Å². The molecule has 17 heavy (non-hydrogen) atoms. The van der Waals surface area contributed by atoms with E-state index in [0.29, 0.717) is 15.0 Å². The van der Waals surface area contributed by atoms with Gasteiger partial charge in [-0.05, 0) is 41.2 Å². The van der Waals surface area contributed by atoms with E-state index in [1.165, 1.54) is 22.1 Å².